The minimum absolute atomic E-state index is 0.0654. The molecule has 4 nitrogen and oxygen atoms in total. The van der Waals surface area contributed by atoms with Gasteiger partial charge in [0, 0.05) is 18.5 Å². The summed E-state index contributed by atoms with van der Waals surface area (Å²) in [4.78, 5) is 13.5. The Kier molecular flexibility index (Phi) is 2.74. The van der Waals surface area contributed by atoms with Crippen molar-refractivity contribution in [3.63, 3.8) is 0 Å². The second kappa shape index (κ2) is 3.87. The monoisotopic (exact) mass is 198 g/mol. The van der Waals surface area contributed by atoms with Gasteiger partial charge >= 0.3 is 0 Å². The molecule has 0 spiro atoms. The zero-order chi connectivity index (χ0) is 10.1. The first-order valence-electron chi connectivity index (χ1n) is 5.39. The molecule has 0 unspecified atom stereocenters. The second-order valence-electron chi connectivity index (χ2n) is 4.39. The van der Waals surface area contributed by atoms with Gasteiger partial charge in [0.15, 0.2) is 0 Å². The van der Waals surface area contributed by atoms with Crippen LogP contribution in [0.15, 0.2) is 0 Å². The molecule has 2 heterocycles. The molecular formula is C10H18N2O2. The molecule has 2 atom stereocenters. The van der Waals surface area contributed by atoms with Gasteiger partial charge < -0.3 is 15.3 Å². The van der Waals surface area contributed by atoms with Crippen molar-refractivity contribution in [1.82, 2.24) is 10.2 Å². The van der Waals surface area contributed by atoms with Crippen LogP contribution in [-0.4, -0.2) is 47.7 Å². The molecule has 2 aliphatic heterocycles. The van der Waals surface area contributed by atoms with Crippen molar-refractivity contribution in [3.8, 4) is 0 Å². The van der Waals surface area contributed by atoms with Gasteiger partial charge in [0.25, 0.3) is 5.91 Å². The summed E-state index contributed by atoms with van der Waals surface area (Å²) in [6.07, 6.45) is 1.28. The molecule has 14 heavy (non-hydrogen) atoms. The fourth-order valence-corrected chi connectivity index (χ4v) is 2.36. The number of carbonyl (C=O) groups excluding carboxylic acids is 1. The number of nitrogens with zero attached hydrogens (tertiary/aromatic N) is 1. The molecular weight excluding hydrogens is 180 g/mol. The molecule has 0 aromatic heterocycles. The van der Waals surface area contributed by atoms with Gasteiger partial charge in [-0.2, -0.15) is 0 Å². The zero-order valence-corrected chi connectivity index (χ0v) is 8.57. The Hall–Kier alpha value is -0.610. The smallest absolute Gasteiger partial charge is 0.252 e. The van der Waals surface area contributed by atoms with Crippen LogP contribution in [0.3, 0.4) is 0 Å². The van der Waals surface area contributed by atoms with E-state index in [-0.39, 0.29) is 11.8 Å². The summed E-state index contributed by atoms with van der Waals surface area (Å²) >= 11 is 0. The molecule has 0 aromatic rings. The number of aliphatic hydroxyl groups excluding tert-OH is 1. The number of nitrogens with one attached hydrogen (secondary N) is 1. The topological polar surface area (TPSA) is 52.6 Å². The van der Waals surface area contributed by atoms with E-state index in [4.69, 9.17) is 0 Å². The third-order valence-corrected chi connectivity index (χ3v) is 3.31. The lowest BCUT2D eigenvalue weighted by molar-refractivity contribution is -0.137. The van der Waals surface area contributed by atoms with Crippen LogP contribution in [0.1, 0.15) is 19.8 Å². The van der Waals surface area contributed by atoms with Gasteiger partial charge in [-0.05, 0) is 25.9 Å². The molecule has 0 aromatic carbocycles. The standard InChI is InChI=1S/C10H18N2O2/c1-7-6-12(10(14)9(7)13)8-2-4-11-5-3-8/h7-9,11,13H,2-6H2,1H3/t7-,9+/m1/s1. The number of likely N-dealkylation sites (tertiary alicyclic amines) is 1. The predicted octanol–water partition coefficient (Wildman–Crippen LogP) is -0.422. The molecule has 2 fully saturated rings. The SMILES string of the molecule is C[C@@H]1CN(C2CCNCC2)C(=O)[C@H]1O. The van der Waals surface area contributed by atoms with E-state index in [0.717, 1.165) is 32.5 Å². The summed E-state index contributed by atoms with van der Waals surface area (Å²) in [7, 11) is 0. The number of hydrogen-bond acceptors (Lipinski definition) is 3. The average molecular weight is 198 g/mol. The second-order valence-corrected chi connectivity index (χ2v) is 4.39. The van der Waals surface area contributed by atoms with Gasteiger partial charge in [-0.3, -0.25) is 4.79 Å². The van der Waals surface area contributed by atoms with Crippen LogP contribution in [0, 0.1) is 5.92 Å². The van der Waals surface area contributed by atoms with E-state index in [1.54, 1.807) is 0 Å². The molecule has 1 amide bonds. The van der Waals surface area contributed by atoms with E-state index < -0.39 is 6.10 Å². The van der Waals surface area contributed by atoms with Crippen molar-refractivity contribution in [2.24, 2.45) is 5.92 Å². The highest BCUT2D eigenvalue weighted by molar-refractivity contribution is 5.83. The molecule has 2 rings (SSSR count). The largest absolute Gasteiger partial charge is 0.383 e. The van der Waals surface area contributed by atoms with E-state index >= 15 is 0 Å². The summed E-state index contributed by atoms with van der Waals surface area (Å²) in [5.41, 5.74) is 0. The van der Waals surface area contributed by atoms with E-state index in [9.17, 15) is 9.90 Å². The Balaban J connectivity index is 2.00. The van der Waals surface area contributed by atoms with Crippen molar-refractivity contribution in [2.45, 2.75) is 31.9 Å². The zero-order valence-electron chi connectivity index (χ0n) is 8.57. The number of rotatable bonds is 1. The first kappa shape index (κ1) is 9.93. The number of hydrogen-bond donors (Lipinski definition) is 2. The minimum atomic E-state index is -0.759. The molecule has 0 radical (unpaired) electrons. The Morgan fingerprint density at radius 1 is 1.43 bits per heavy atom. The highest BCUT2D eigenvalue weighted by Crippen LogP contribution is 2.23. The van der Waals surface area contributed by atoms with Crippen LogP contribution in [0.5, 0.6) is 0 Å². The third-order valence-electron chi connectivity index (χ3n) is 3.31. The summed E-state index contributed by atoms with van der Waals surface area (Å²) in [6, 6.07) is 0.350. The predicted molar refractivity (Wildman–Crippen MR) is 52.8 cm³/mol. The minimum Gasteiger partial charge on any atom is -0.383 e. The van der Waals surface area contributed by atoms with E-state index in [0.29, 0.717) is 6.04 Å². The highest BCUT2D eigenvalue weighted by atomic mass is 16.3. The fraction of sp³-hybridized carbons (Fsp3) is 0.900. The lowest BCUT2D eigenvalue weighted by atomic mass is 10.1. The number of piperidine rings is 1. The van der Waals surface area contributed by atoms with Gasteiger partial charge in [0.05, 0.1) is 0 Å². The maximum Gasteiger partial charge on any atom is 0.252 e. The number of amides is 1. The molecule has 2 N–H and O–H groups in total. The fourth-order valence-electron chi connectivity index (χ4n) is 2.36. The van der Waals surface area contributed by atoms with Crippen molar-refractivity contribution in [1.29, 1.82) is 0 Å². The first-order chi connectivity index (χ1) is 6.70. The molecule has 4 heteroatoms. The molecule has 0 bridgehead atoms. The van der Waals surface area contributed by atoms with E-state index in [1.807, 2.05) is 11.8 Å². The van der Waals surface area contributed by atoms with Crippen molar-refractivity contribution >= 4 is 5.91 Å². The van der Waals surface area contributed by atoms with Gasteiger partial charge in [0.2, 0.25) is 0 Å². The molecule has 0 aliphatic carbocycles. The maximum atomic E-state index is 11.7. The summed E-state index contributed by atoms with van der Waals surface area (Å²) < 4.78 is 0. The number of carbonyl (C=O) groups is 1. The lowest BCUT2D eigenvalue weighted by Crippen LogP contribution is -2.44. The first-order valence-corrected chi connectivity index (χ1v) is 5.39. The van der Waals surface area contributed by atoms with Crippen LogP contribution in [-0.2, 0) is 4.79 Å². The molecule has 2 saturated heterocycles. The maximum absolute atomic E-state index is 11.7. The van der Waals surface area contributed by atoms with Crippen molar-refractivity contribution in [2.75, 3.05) is 19.6 Å². The molecule has 80 valence electrons. The van der Waals surface area contributed by atoms with Crippen LogP contribution in [0.4, 0.5) is 0 Å². The van der Waals surface area contributed by atoms with Crippen LogP contribution >= 0.6 is 0 Å². The average Bonchev–Trinajstić information content (AvgIpc) is 2.47. The molecule has 0 saturated carbocycles. The van der Waals surface area contributed by atoms with Crippen LogP contribution in [0.25, 0.3) is 0 Å². The third kappa shape index (κ3) is 1.64. The van der Waals surface area contributed by atoms with Gasteiger partial charge in [-0.15, -0.1) is 0 Å². The Bertz CT molecular complexity index is 226. The van der Waals surface area contributed by atoms with E-state index in [1.165, 1.54) is 0 Å². The summed E-state index contributed by atoms with van der Waals surface area (Å²) in [6.45, 7) is 4.63. The van der Waals surface area contributed by atoms with E-state index in [2.05, 4.69) is 5.32 Å². The van der Waals surface area contributed by atoms with Crippen LogP contribution < -0.4 is 5.32 Å². The highest BCUT2D eigenvalue weighted by Gasteiger charge is 2.39. The van der Waals surface area contributed by atoms with Gasteiger partial charge in [-0.1, -0.05) is 6.92 Å². The van der Waals surface area contributed by atoms with Gasteiger partial charge in [0.1, 0.15) is 6.10 Å². The quantitative estimate of drug-likeness (QED) is 0.601. The summed E-state index contributed by atoms with van der Waals surface area (Å²) in [5, 5.41) is 12.8. The Labute approximate surface area is 84.3 Å². The van der Waals surface area contributed by atoms with Crippen molar-refractivity contribution in [3.05, 3.63) is 0 Å². The Morgan fingerprint density at radius 2 is 2.07 bits per heavy atom. The number of aliphatic hydroxyl groups is 1. The molecule has 2 aliphatic rings. The lowest BCUT2D eigenvalue weighted by Gasteiger charge is -2.31. The summed E-state index contributed by atoms with van der Waals surface area (Å²) in [5.74, 6) is 0.0294. The Morgan fingerprint density at radius 3 is 2.57 bits per heavy atom. The van der Waals surface area contributed by atoms with Crippen molar-refractivity contribution < 1.29 is 9.90 Å². The van der Waals surface area contributed by atoms with Gasteiger partial charge in [-0.25, -0.2) is 0 Å². The van der Waals surface area contributed by atoms with Crippen LogP contribution in [0.2, 0.25) is 0 Å². The normalized spacial score (nSPS) is 35.3.